The summed E-state index contributed by atoms with van der Waals surface area (Å²) in [5, 5.41) is 6.77. The Hall–Kier alpha value is -1.26. The third-order valence-corrected chi connectivity index (χ3v) is 4.43. The van der Waals surface area contributed by atoms with Crippen LogP contribution < -0.4 is 5.32 Å². The van der Waals surface area contributed by atoms with Crippen LogP contribution in [-0.4, -0.2) is 17.6 Å². The molecule has 106 valence electrons. The lowest BCUT2D eigenvalue weighted by Gasteiger charge is -2.16. The Morgan fingerprint density at radius 3 is 2.95 bits per heavy atom. The summed E-state index contributed by atoms with van der Waals surface area (Å²) >= 11 is 1.70. The number of halogens is 1. The van der Waals surface area contributed by atoms with Gasteiger partial charge in [-0.05, 0) is 49.4 Å². The van der Waals surface area contributed by atoms with Gasteiger partial charge in [0, 0.05) is 24.0 Å². The maximum absolute atomic E-state index is 13.3. The van der Waals surface area contributed by atoms with Gasteiger partial charge < -0.3 is 5.32 Å². The van der Waals surface area contributed by atoms with Gasteiger partial charge in [0.25, 0.3) is 0 Å². The van der Waals surface area contributed by atoms with E-state index in [1.807, 2.05) is 17.6 Å². The standard InChI is InChI=1S/C16H19FN2S/c17-14-3-1-2-12(9-14)8-13(11-19-15-4-5-15)10-16-18-6-7-20-16/h1-3,6-7,9,13,15,19H,4-5,8,10-11H2. The number of nitrogens with zero attached hydrogens (tertiary/aromatic N) is 1. The van der Waals surface area contributed by atoms with E-state index in [-0.39, 0.29) is 5.82 Å². The van der Waals surface area contributed by atoms with E-state index in [1.54, 1.807) is 23.5 Å². The minimum Gasteiger partial charge on any atom is -0.314 e. The van der Waals surface area contributed by atoms with Crippen molar-refractivity contribution < 1.29 is 4.39 Å². The summed E-state index contributed by atoms with van der Waals surface area (Å²) in [4.78, 5) is 4.37. The Morgan fingerprint density at radius 1 is 1.35 bits per heavy atom. The van der Waals surface area contributed by atoms with Gasteiger partial charge in [-0.25, -0.2) is 9.37 Å². The number of benzene rings is 1. The molecule has 0 amide bonds. The highest BCUT2D eigenvalue weighted by Gasteiger charge is 2.22. The van der Waals surface area contributed by atoms with Gasteiger partial charge >= 0.3 is 0 Å². The number of nitrogens with one attached hydrogen (secondary N) is 1. The van der Waals surface area contributed by atoms with Crippen molar-refractivity contribution in [3.63, 3.8) is 0 Å². The molecule has 1 aliphatic carbocycles. The molecule has 20 heavy (non-hydrogen) atoms. The molecule has 1 unspecified atom stereocenters. The summed E-state index contributed by atoms with van der Waals surface area (Å²) in [6.45, 7) is 0.987. The molecular formula is C16H19FN2S. The second-order valence-corrected chi connectivity index (χ2v) is 6.49. The van der Waals surface area contributed by atoms with E-state index in [4.69, 9.17) is 0 Å². The molecule has 2 aromatic rings. The second-order valence-electron chi connectivity index (χ2n) is 5.51. The van der Waals surface area contributed by atoms with Gasteiger partial charge in [-0.2, -0.15) is 0 Å². The third-order valence-electron chi connectivity index (χ3n) is 3.63. The predicted octanol–water partition coefficient (Wildman–Crippen LogP) is 3.44. The molecule has 1 heterocycles. The highest BCUT2D eigenvalue weighted by atomic mass is 32.1. The number of hydrogen-bond donors (Lipinski definition) is 1. The van der Waals surface area contributed by atoms with E-state index in [0.29, 0.717) is 12.0 Å². The first-order valence-corrected chi connectivity index (χ1v) is 8.04. The Balaban J connectivity index is 1.63. The van der Waals surface area contributed by atoms with E-state index < -0.39 is 0 Å². The molecule has 1 fully saturated rings. The highest BCUT2D eigenvalue weighted by molar-refractivity contribution is 7.09. The fourth-order valence-corrected chi connectivity index (χ4v) is 3.17. The van der Waals surface area contributed by atoms with Crippen LogP contribution in [0.5, 0.6) is 0 Å². The quantitative estimate of drug-likeness (QED) is 0.845. The third kappa shape index (κ3) is 4.12. The zero-order valence-electron chi connectivity index (χ0n) is 11.4. The van der Waals surface area contributed by atoms with Crippen LogP contribution in [-0.2, 0) is 12.8 Å². The van der Waals surface area contributed by atoms with E-state index in [2.05, 4.69) is 10.3 Å². The Morgan fingerprint density at radius 2 is 2.25 bits per heavy atom. The first-order valence-electron chi connectivity index (χ1n) is 7.16. The first-order chi connectivity index (χ1) is 9.79. The summed E-state index contributed by atoms with van der Waals surface area (Å²) in [6, 6.07) is 7.66. The largest absolute Gasteiger partial charge is 0.314 e. The smallest absolute Gasteiger partial charge is 0.123 e. The van der Waals surface area contributed by atoms with Crippen LogP contribution in [0.1, 0.15) is 23.4 Å². The van der Waals surface area contributed by atoms with Crippen molar-refractivity contribution in [3.8, 4) is 0 Å². The molecule has 2 nitrogen and oxygen atoms in total. The first kappa shape index (κ1) is 13.7. The molecule has 1 N–H and O–H groups in total. The van der Waals surface area contributed by atoms with Crippen LogP contribution in [0.4, 0.5) is 4.39 Å². The van der Waals surface area contributed by atoms with Crippen molar-refractivity contribution in [3.05, 3.63) is 52.2 Å². The minimum atomic E-state index is -0.148. The van der Waals surface area contributed by atoms with Gasteiger partial charge in [0.1, 0.15) is 5.82 Å². The van der Waals surface area contributed by atoms with Crippen LogP contribution in [0.25, 0.3) is 0 Å². The molecule has 0 aliphatic heterocycles. The lowest BCUT2D eigenvalue weighted by molar-refractivity contribution is 0.467. The van der Waals surface area contributed by atoms with Gasteiger partial charge in [-0.15, -0.1) is 11.3 Å². The van der Waals surface area contributed by atoms with E-state index in [0.717, 1.165) is 24.9 Å². The Labute approximate surface area is 123 Å². The molecule has 3 rings (SSSR count). The van der Waals surface area contributed by atoms with Gasteiger partial charge in [0.15, 0.2) is 0 Å². The van der Waals surface area contributed by atoms with Gasteiger partial charge in [0.2, 0.25) is 0 Å². The average molecular weight is 290 g/mol. The SMILES string of the molecule is Fc1cccc(CC(CNC2CC2)Cc2nccs2)c1. The fourth-order valence-electron chi connectivity index (χ4n) is 2.44. The highest BCUT2D eigenvalue weighted by Crippen LogP contribution is 2.21. The van der Waals surface area contributed by atoms with Crippen molar-refractivity contribution in [2.45, 2.75) is 31.7 Å². The lowest BCUT2D eigenvalue weighted by atomic mass is 9.96. The molecule has 1 saturated carbocycles. The Kier molecular flexibility index (Phi) is 4.43. The van der Waals surface area contributed by atoms with E-state index in [1.165, 1.54) is 23.9 Å². The maximum atomic E-state index is 13.3. The van der Waals surface area contributed by atoms with Gasteiger partial charge in [-0.1, -0.05) is 12.1 Å². The zero-order chi connectivity index (χ0) is 13.8. The molecule has 1 atom stereocenters. The van der Waals surface area contributed by atoms with Crippen LogP contribution in [0.15, 0.2) is 35.8 Å². The predicted molar refractivity (Wildman–Crippen MR) is 80.4 cm³/mol. The molecule has 0 bridgehead atoms. The summed E-state index contributed by atoms with van der Waals surface area (Å²) in [5.74, 6) is 0.328. The molecule has 0 spiro atoms. The maximum Gasteiger partial charge on any atom is 0.123 e. The number of aromatic nitrogens is 1. The van der Waals surface area contributed by atoms with Crippen molar-refractivity contribution in [1.82, 2.24) is 10.3 Å². The molecule has 0 saturated heterocycles. The van der Waals surface area contributed by atoms with Crippen LogP contribution >= 0.6 is 11.3 Å². The lowest BCUT2D eigenvalue weighted by Crippen LogP contribution is -2.27. The number of hydrogen-bond acceptors (Lipinski definition) is 3. The van der Waals surface area contributed by atoms with Crippen LogP contribution in [0.3, 0.4) is 0 Å². The number of thiazole rings is 1. The summed E-state index contributed by atoms with van der Waals surface area (Å²) in [7, 11) is 0. The fraction of sp³-hybridized carbons (Fsp3) is 0.438. The summed E-state index contributed by atoms with van der Waals surface area (Å²) in [5.41, 5.74) is 1.07. The molecule has 1 aliphatic rings. The van der Waals surface area contributed by atoms with Crippen molar-refractivity contribution in [1.29, 1.82) is 0 Å². The number of rotatable bonds is 7. The topological polar surface area (TPSA) is 24.9 Å². The molecule has 4 heteroatoms. The van der Waals surface area contributed by atoms with Gasteiger partial charge in [0.05, 0.1) is 5.01 Å². The monoisotopic (exact) mass is 290 g/mol. The van der Waals surface area contributed by atoms with Gasteiger partial charge in [-0.3, -0.25) is 0 Å². The van der Waals surface area contributed by atoms with Crippen molar-refractivity contribution in [2.24, 2.45) is 5.92 Å². The second kappa shape index (κ2) is 6.46. The zero-order valence-corrected chi connectivity index (χ0v) is 12.2. The molecule has 1 aromatic carbocycles. The molecular weight excluding hydrogens is 271 g/mol. The molecule has 0 radical (unpaired) electrons. The van der Waals surface area contributed by atoms with Crippen LogP contribution in [0.2, 0.25) is 0 Å². The molecule has 1 aromatic heterocycles. The van der Waals surface area contributed by atoms with Crippen molar-refractivity contribution >= 4 is 11.3 Å². The normalized spacial score (nSPS) is 16.2. The minimum absolute atomic E-state index is 0.148. The van der Waals surface area contributed by atoms with E-state index in [9.17, 15) is 4.39 Å². The summed E-state index contributed by atoms with van der Waals surface area (Å²) in [6.07, 6.45) is 6.31. The van der Waals surface area contributed by atoms with Crippen LogP contribution in [0, 0.1) is 11.7 Å². The Bertz CT molecular complexity index is 537. The average Bonchev–Trinajstić information content (AvgIpc) is 3.12. The summed E-state index contributed by atoms with van der Waals surface area (Å²) < 4.78 is 13.3. The van der Waals surface area contributed by atoms with Crippen molar-refractivity contribution in [2.75, 3.05) is 6.54 Å². The van der Waals surface area contributed by atoms with E-state index >= 15 is 0 Å².